The summed E-state index contributed by atoms with van der Waals surface area (Å²) in [7, 11) is 0. The molecule has 1 amide bonds. The molecule has 2 aromatic rings. The van der Waals surface area contributed by atoms with E-state index in [1.54, 1.807) is 12.4 Å². The number of hydrazone groups is 1. The first-order valence-corrected chi connectivity index (χ1v) is 8.82. The molecular weight excluding hydrogens is 344 g/mol. The number of aromatic nitrogens is 1. The largest absolute Gasteiger partial charge is 0.301 e. The SMILES string of the molecule is O=C1CSC(C2C(c3ccncc3)=NNC2c2ccc(Cl)cc2)=N1. The van der Waals surface area contributed by atoms with Crippen molar-refractivity contribution in [2.24, 2.45) is 16.0 Å². The number of nitrogens with one attached hydrogen (secondary N) is 1. The summed E-state index contributed by atoms with van der Waals surface area (Å²) in [5, 5.41) is 6.03. The first kappa shape index (κ1) is 15.4. The minimum Gasteiger partial charge on any atom is -0.301 e. The van der Waals surface area contributed by atoms with Crippen LogP contribution in [0.5, 0.6) is 0 Å². The second-order valence-corrected chi connectivity index (χ2v) is 6.93. The van der Waals surface area contributed by atoms with E-state index in [0.29, 0.717) is 10.8 Å². The van der Waals surface area contributed by atoms with Crippen molar-refractivity contribution >= 4 is 40.0 Å². The lowest BCUT2D eigenvalue weighted by molar-refractivity contribution is -0.115. The lowest BCUT2D eigenvalue weighted by Gasteiger charge is -2.20. The Bertz CT molecular complexity index is 835. The van der Waals surface area contributed by atoms with Gasteiger partial charge in [-0.05, 0) is 29.8 Å². The van der Waals surface area contributed by atoms with Gasteiger partial charge in [-0.3, -0.25) is 9.78 Å². The van der Waals surface area contributed by atoms with Crippen molar-refractivity contribution in [1.29, 1.82) is 0 Å². The molecular formula is C17H13ClN4OS. The van der Waals surface area contributed by atoms with Crippen LogP contribution in [0.4, 0.5) is 0 Å². The summed E-state index contributed by atoms with van der Waals surface area (Å²) in [5.41, 5.74) is 6.10. The lowest BCUT2D eigenvalue weighted by Crippen LogP contribution is -2.27. The van der Waals surface area contributed by atoms with E-state index in [4.69, 9.17) is 11.6 Å². The molecule has 0 saturated carbocycles. The molecule has 0 aliphatic carbocycles. The summed E-state index contributed by atoms with van der Waals surface area (Å²) in [4.78, 5) is 19.9. The van der Waals surface area contributed by atoms with E-state index in [1.807, 2.05) is 36.4 Å². The summed E-state index contributed by atoms with van der Waals surface area (Å²) in [6.45, 7) is 0. The molecule has 0 bridgehead atoms. The average Bonchev–Trinajstić information content (AvgIpc) is 3.22. The molecule has 0 fully saturated rings. The van der Waals surface area contributed by atoms with Crippen LogP contribution in [-0.2, 0) is 4.79 Å². The molecule has 7 heteroatoms. The summed E-state index contributed by atoms with van der Waals surface area (Å²) in [6.07, 6.45) is 3.47. The highest BCUT2D eigenvalue weighted by molar-refractivity contribution is 8.15. The predicted octanol–water partition coefficient (Wildman–Crippen LogP) is 3.07. The van der Waals surface area contributed by atoms with Gasteiger partial charge in [-0.2, -0.15) is 5.10 Å². The summed E-state index contributed by atoms with van der Waals surface area (Å²) >= 11 is 7.48. The van der Waals surface area contributed by atoms with E-state index >= 15 is 0 Å². The topological polar surface area (TPSA) is 66.7 Å². The highest BCUT2D eigenvalue weighted by atomic mass is 35.5. The molecule has 5 nitrogen and oxygen atoms in total. The molecule has 2 atom stereocenters. The Balaban J connectivity index is 1.75. The second kappa shape index (κ2) is 6.37. The van der Waals surface area contributed by atoms with Crippen molar-refractivity contribution in [2.45, 2.75) is 6.04 Å². The van der Waals surface area contributed by atoms with Gasteiger partial charge in [-0.25, -0.2) is 4.99 Å². The fourth-order valence-corrected chi connectivity index (χ4v) is 3.94. The molecule has 0 spiro atoms. The van der Waals surface area contributed by atoms with E-state index in [1.165, 1.54) is 11.8 Å². The number of pyridine rings is 1. The number of carbonyl (C=O) groups excluding carboxylic acids is 1. The molecule has 2 aliphatic rings. The predicted molar refractivity (Wildman–Crippen MR) is 96.5 cm³/mol. The summed E-state index contributed by atoms with van der Waals surface area (Å²) < 4.78 is 0. The molecule has 3 heterocycles. The molecule has 1 aromatic heterocycles. The Hall–Kier alpha value is -2.18. The highest BCUT2D eigenvalue weighted by Crippen LogP contribution is 2.36. The normalized spacial score (nSPS) is 23.0. The van der Waals surface area contributed by atoms with Crippen molar-refractivity contribution in [3.05, 3.63) is 64.9 Å². The molecule has 2 aliphatic heterocycles. The Morgan fingerprint density at radius 1 is 1.12 bits per heavy atom. The van der Waals surface area contributed by atoms with Crippen LogP contribution in [0.15, 0.2) is 58.9 Å². The van der Waals surface area contributed by atoms with Gasteiger partial charge in [0.2, 0.25) is 0 Å². The van der Waals surface area contributed by atoms with E-state index in [9.17, 15) is 4.79 Å². The van der Waals surface area contributed by atoms with Crippen LogP contribution in [0.1, 0.15) is 17.2 Å². The summed E-state index contributed by atoms with van der Waals surface area (Å²) in [6, 6.07) is 11.4. The fourth-order valence-electron chi connectivity index (χ4n) is 2.89. The fraction of sp³-hybridized carbons (Fsp3) is 0.176. The maximum absolute atomic E-state index is 11.6. The standard InChI is InChI=1S/C17H13ClN4OS/c18-12-3-1-10(2-4-12)15-14(17-20-13(23)9-24-17)16(22-21-15)11-5-7-19-8-6-11/h1-8,14-15,21H,9H2. The maximum atomic E-state index is 11.6. The first-order chi connectivity index (χ1) is 11.7. The van der Waals surface area contributed by atoms with Crippen molar-refractivity contribution in [3.63, 3.8) is 0 Å². The van der Waals surface area contributed by atoms with Crippen LogP contribution >= 0.6 is 23.4 Å². The van der Waals surface area contributed by atoms with E-state index in [-0.39, 0.29) is 17.9 Å². The molecule has 0 saturated heterocycles. The number of nitrogens with zero attached hydrogens (tertiary/aromatic N) is 3. The van der Waals surface area contributed by atoms with Gasteiger partial charge in [0.15, 0.2) is 0 Å². The Kier molecular flexibility index (Phi) is 4.08. The number of amides is 1. The minimum atomic E-state index is -0.106. The van der Waals surface area contributed by atoms with Crippen LogP contribution < -0.4 is 5.43 Å². The monoisotopic (exact) mass is 356 g/mol. The summed E-state index contributed by atoms with van der Waals surface area (Å²) in [5.74, 6) is 0.193. The van der Waals surface area contributed by atoms with Gasteiger partial charge in [-0.15, -0.1) is 0 Å². The number of benzene rings is 1. The van der Waals surface area contributed by atoms with Crippen LogP contribution in [-0.4, -0.2) is 27.4 Å². The van der Waals surface area contributed by atoms with Crippen molar-refractivity contribution < 1.29 is 4.79 Å². The van der Waals surface area contributed by atoms with Crippen LogP contribution in [0.2, 0.25) is 5.02 Å². The minimum absolute atomic E-state index is 0.0809. The number of halogens is 1. The zero-order chi connectivity index (χ0) is 16.5. The van der Waals surface area contributed by atoms with Gasteiger partial charge < -0.3 is 5.43 Å². The number of carbonyl (C=O) groups is 1. The number of hydrogen-bond donors (Lipinski definition) is 1. The molecule has 24 heavy (non-hydrogen) atoms. The van der Waals surface area contributed by atoms with Gasteiger partial charge >= 0.3 is 0 Å². The lowest BCUT2D eigenvalue weighted by atomic mass is 9.88. The third-order valence-corrected chi connectivity index (χ3v) is 5.29. The Morgan fingerprint density at radius 2 is 1.88 bits per heavy atom. The zero-order valence-corrected chi connectivity index (χ0v) is 14.1. The van der Waals surface area contributed by atoms with Crippen molar-refractivity contribution in [3.8, 4) is 0 Å². The van der Waals surface area contributed by atoms with Crippen LogP contribution in [0.3, 0.4) is 0 Å². The van der Waals surface area contributed by atoms with Crippen LogP contribution in [0.25, 0.3) is 0 Å². The number of rotatable bonds is 3. The number of thioether (sulfide) groups is 1. The van der Waals surface area contributed by atoms with Gasteiger partial charge in [-0.1, -0.05) is 35.5 Å². The zero-order valence-electron chi connectivity index (χ0n) is 12.5. The third-order valence-electron chi connectivity index (χ3n) is 4.00. The second-order valence-electron chi connectivity index (χ2n) is 5.50. The van der Waals surface area contributed by atoms with Gasteiger partial charge in [0.05, 0.1) is 28.5 Å². The van der Waals surface area contributed by atoms with Gasteiger partial charge in [0.25, 0.3) is 5.91 Å². The molecule has 1 N–H and O–H groups in total. The number of hydrogen-bond acceptors (Lipinski definition) is 5. The quantitative estimate of drug-likeness (QED) is 0.917. The highest BCUT2D eigenvalue weighted by Gasteiger charge is 2.39. The molecule has 2 unspecified atom stereocenters. The Morgan fingerprint density at radius 3 is 2.54 bits per heavy atom. The Labute approximate surface area is 148 Å². The molecule has 120 valence electrons. The van der Waals surface area contributed by atoms with Crippen LogP contribution in [0, 0.1) is 5.92 Å². The van der Waals surface area contributed by atoms with Crippen molar-refractivity contribution in [1.82, 2.24) is 10.4 Å². The van der Waals surface area contributed by atoms with Gasteiger partial charge in [0, 0.05) is 23.0 Å². The third kappa shape index (κ3) is 2.83. The smallest absolute Gasteiger partial charge is 0.256 e. The molecule has 4 rings (SSSR count). The van der Waals surface area contributed by atoms with E-state index in [0.717, 1.165) is 21.9 Å². The first-order valence-electron chi connectivity index (χ1n) is 7.45. The number of aliphatic imine (C=N–C) groups is 1. The van der Waals surface area contributed by atoms with Gasteiger partial charge in [0.1, 0.15) is 0 Å². The van der Waals surface area contributed by atoms with Crippen molar-refractivity contribution in [2.75, 3.05) is 5.75 Å². The molecule has 0 radical (unpaired) electrons. The van der Waals surface area contributed by atoms with E-state index in [2.05, 4.69) is 20.5 Å². The molecule has 1 aromatic carbocycles. The maximum Gasteiger partial charge on any atom is 0.256 e. The average molecular weight is 357 g/mol. The van der Waals surface area contributed by atoms with E-state index < -0.39 is 0 Å².